The van der Waals surface area contributed by atoms with E-state index >= 15 is 0 Å². The normalized spacial score (nSPS) is 21.9. The summed E-state index contributed by atoms with van der Waals surface area (Å²) in [6, 6.07) is 3.83. The zero-order valence-electron chi connectivity index (χ0n) is 5.45. The van der Waals surface area contributed by atoms with Crippen molar-refractivity contribution in [1.29, 1.82) is 0 Å². The smallest absolute Gasteiger partial charge is 0.218 e. The highest BCUT2D eigenvalue weighted by atomic mass is 16.5. The lowest BCUT2D eigenvalue weighted by Gasteiger charge is -1.96. The van der Waals surface area contributed by atoms with E-state index in [2.05, 4.69) is 4.98 Å². The predicted molar refractivity (Wildman–Crippen MR) is 36.7 cm³/mol. The molecule has 3 nitrogen and oxygen atoms in total. The Hall–Kier alpha value is -1.09. The maximum absolute atomic E-state index is 5.68. The van der Waals surface area contributed by atoms with Gasteiger partial charge in [-0.25, -0.2) is 4.98 Å². The first-order valence-corrected chi connectivity index (χ1v) is 3.21. The van der Waals surface area contributed by atoms with Crippen molar-refractivity contribution in [3.63, 3.8) is 0 Å². The van der Waals surface area contributed by atoms with E-state index in [-0.39, 0.29) is 6.04 Å². The molecular formula is C7H8N2O. The first kappa shape index (κ1) is 5.68. The number of ether oxygens (including phenoxy) is 1. The van der Waals surface area contributed by atoms with Crippen LogP contribution in [0, 0.1) is 0 Å². The molecule has 1 unspecified atom stereocenters. The fourth-order valence-electron chi connectivity index (χ4n) is 1.06. The summed E-state index contributed by atoms with van der Waals surface area (Å²) in [5, 5.41) is 0. The quantitative estimate of drug-likeness (QED) is 0.564. The van der Waals surface area contributed by atoms with Crippen molar-refractivity contribution in [2.45, 2.75) is 6.04 Å². The molecule has 3 heteroatoms. The Kier molecular flexibility index (Phi) is 1.11. The van der Waals surface area contributed by atoms with Crippen LogP contribution in [0.5, 0.6) is 5.88 Å². The molecule has 1 aromatic rings. The molecule has 0 amide bonds. The van der Waals surface area contributed by atoms with E-state index in [9.17, 15) is 0 Å². The van der Waals surface area contributed by atoms with Gasteiger partial charge in [-0.1, -0.05) is 6.07 Å². The van der Waals surface area contributed by atoms with Crippen molar-refractivity contribution in [3.8, 4) is 5.88 Å². The van der Waals surface area contributed by atoms with Crippen LogP contribution < -0.4 is 10.5 Å². The summed E-state index contributed by atoms with van der Waals surface area (Å²) >= 11 is 0. The fourth-order valence-corrected chi connectivity index (χ4v) is 1.06. The molecular weight excluding hydrogens is 128 g/mol. The molecule has 0 fully saturated rings. The van der Waals surface area contributed by atoms with Crippen LogP contribution in [0.4, 0.5) is 0 Å². The average Bonchev–Trinajstić information content (AvgIpc) is 2.34. The third-order valence-electron chi connectivity index (χ3n) is 1.60. The van der Waals surface area contributed by atoms with Gasteiger partial charge in [0.25, 0.3) is 0 Å². The maximum Gasteiger partial charge on any atom is 0.218 e. The van der Waals surface area contributed by atoms with E-state index in [4.69, 9.17) is 10.5 Å². The lowest BCUT2D eigenvalue weighted by Crippen LogP contribution is -2.10. The summed E-state index contributed by atoms with van der Waals surface area (Å²) in [5.74, 6) is 0.690. The maximum atomic E-state index is 5.68. The molecule has 0 aromatic carbocycles. The van der Waals surface area contributed by atoms with Crippen LogP contribution in [-0.2, 0) is 0 Å². The molecule has 0 aliphatic carbocycles. The second kappa shape index (κ2) is 1.95. The van der Waals surface area contributed by atoms with Gasteiger partial charge in [0, 0.05) is 11.8 Å². The van der Waals surface area contributed by atoms with Gasteiger partial charge in [-0.05, 0) is 6.07 Å². The number of rotatable bonds is 0. The molecule has 2 N–H and O–H groups in total. The average molecular weight is 136 g/mol. The Morgan fingerprint density at radius 2 is 2.60 bits per heavy atom. The summed E-state index contributed by atoms with van der Waals surface area (Å²) in [6.45, 7) is 0.562. The summed E-state index contributed by atoms with van der Waals surface area (Å²) in [7, 11) is 0. The highest BCUT2D eigenvalue weighted by molar-refractivity contribution is 5.32. The molecule has 1 aliphatic heterocycles. The number of hydrogen-bond donors (Lipinski definition) is 1. The highest BCUT2D eigenvalue weighted by Crippen LogP contribution is 2.26. The Morgan fingerprint density at radius 3 is 3.40 bits per heavy atom. The van der Waals surface area contributed by atoms with Crippen LogP contribution in [-0.4, -0.2) is 11.6 Å². The van der Waals surface area contributed by atoms with Crippen LogP contribution >= 0.6 is 0 Å². The molecule has 1 aromatic heterocycles. The summed E-state index contributed by atoms with van der Waals surface area (Å²) in [4.78, 5) is 4.01. The lowest BCUT2D eigenvalue weighted by atomic mass is 10.2. The number of pyridine rings is 1. The van der Waals surface area contributed by atoms with E-state index in [1.54, 1.807) is 6.20 Å². The van der Waals surface area contributed by atoms with Crippen LogP contribution in [0.15, 0.2) is 18.3 Å². The molecule has 52 valence electrons. The van der Waals surface area contributed by atoms with E-state index < -0.39 is 0 Å². The Morgan fingerprint density at radius 1 is 1.70 bits per heavy atom. The van der Waals surface area contributed by atoms with Gasteiger partial charge in [0.15, 0.2) is 0 Å². The van der Waals surface area contributed by atoms with Crippen LogP contribution in [0.1, 0.15) is 11.6 Å². The van der Waals surface area contributed by atoms with E-state index in [1.807, 2.05) is 12.1 Å². The van der Waals surface area contributed by atoms with Crippen molar-refractivity contribution in [1.82, 2.24) is 4.98 Å². The molecule has 2 heterocycles. The summed E-state index contributed by atoms with van der Waals surface area (Å²) in [5.41, 5.74) is 6.70. The third kappa shape index (κ3) is 0.675. The van der Waals surface area contributed by atoms with Gasteiger partial charge in [-0.3, -0.25) is 0 Å². The lowest BCUT2D eigenvalue weighted by molar-refractivity contribution is 0.323. The van der Waals surface area contributed by atoms with Crippen molar-refractivity contribution < 1.29 is 4.74 Å². The number of fused-ring (bicyclic) bond motifs is 1. The zero-order valence-corrected chi connectivity index (χ0v) is 5.45. The molecule has 1 atom stereocenters. The number of nitrogens with zero attached hydrogens (tertiary/aromatic N) is 1. The number of nitrogens with two attached hydrogens (primary N) is 1. The molecule has 0 bridgehead atoms. The number of aromatic nitrogens is 1. The van der Waals surface area contributed by atoms with Crippen molar-refractivity contribution in [2.75, 3.05) is 6.61 Å². The van der Waals surface area contributed by atoms with Crippen LogP contribution in [0.25, 0.3) is 0 Å². The molecule has 10 heavy (non-hydrogen) atoms. The highest BCUT2D eigenvalue weighted by Gasteiger charge is 2.20. The third-order valence-corrected chi connectivity index (χ3v) is 1.60. The minimum Gasteiger partial charge on any atom is -0.475 e. The molecule has 1 aliphatic rings. The molecule has 0 saturated heterocycles. The van der Waals surface area contributed by atoms with Gasteiger partial charge >= 0.3 is 0 Å². The minimum atomic E-state index is 0.0173. The molecule has 0 spiro atoms. The standard InChI is InChI=1S/C7H8N2O/c8-6-4-10-7-5(6)2-1-3-9-7/h1-3,6H,4,8H2. The van der Waals surface area contributed by atoms with Crippen LogP contribution in [0.2, 0.25) is 0 Å². The topological polar surface area (TPSA) is 48.1 Å². The second-order valence-corrected chi connectivity index (χ2v) is 2.32. The monoisotopic (exact) mass is 136 g/mol. The first-order chi connectivity index (χ1) is 4.88. The van der Waals surface area contributed by atoms with Crippen molar-refractivity contribution in [2.24, 2.45) is 5.73 Å². The Labute approximate surface area is 58.8 Å². The van der Waals surface area contributed by atoms with Gasteiger partial charge in [-0.2, -0.15) is 0 Å². The fraction of sp³-hybridized carbons (Fsp3) is 0.286. The van der Waals surface area contributed by atoms with E-state index in [1.165, 1.54) is 0 Å². The van der Waals surface area contributed by atoms with E-state index in [0.29, 0.717) is 12.5 Å². The molecule has 0 radical (unpaired) electrons. The van der Waals surface area contributed by atoms with Gasteiger partial charge in [-0.15, -0.1) is 0 Å². The Bertz CT molecular complexity index is 249. The largest absolute Gasteiger partial charge is 0.475 e. The second-order valence-electron chi connectivity index (χ2n) is 2.32. The number of hydrogen-bond acceptors (Lipinski definition) is 3. The molecule has 0 saturated carbocycles. The van der Waals surface area contributed by atoms with Crippen LogP contribution in [0.3, 0.4) is 0 Å². The van der Waals surface area contributed by atoms with Gasteiger partial charge in [0.1, 0.15) is 6.61 Å². The van der Waals surface area contributed by atoms with Gasteiger partial charge < -0.3 is 10.5 Å². The Balaban J connectivity index is 2.51. The summed E-state index contributed by atoms with van der Waals surface area (Å²) < 4.78 is 5.17. The van der Waals surface area contributed by atoms with Crippen molar-refractivity contribution in [3.05, 3.63) is 23.9 Å². The van der Waals surface area contributed by atoms with E-state index in [0.717, 1.165) is 5.56 Å². The zero-order chi connectivity index (χ0) is 6.97. The van der Waals surface area contributed by atoms with Crippen molar-refractivity contribution >= 4 is 0 Å². The first-order valence-electron chi connectivity index (χ1n) is 3.21. The SMILES string of the molecule is NC1COc2ncccc21. The molecule has 2 rings (SSSR count). The predicted octanol–water partition coefficient (Wildman–Crippen LogP) is 0.474. The summed E-state index contributed by atoms with van der Waals surface area (Å²) in [6.07, 6.45) is 1.71. The van der Waals surface area contributed by atoms with Gasteiger partial charge in [0.05, 0.1) is 6.04 Å². The minimum absolute atomic E-state index is 0.0173. The van der Waals surface area contributed by atoms with Gasteiger partial charge in [0.2, 0.25) is 5.88 Å².